The third kappa shape index (κ3) is 4.21. The van der Waals surface area contributed by atoms with E-state index >= 15 is 0 Å². The fourth-order valence-corrected chi connectivity index (χ4v) is 3.90. The highest BCUT2D eigenvalue weighted by atomic mass is 19.4. The lowest BCUT2D eigenvalue weighted by molar-refractivity contribution is -0.137. The summed E-state index contributed by atoms with van der Waals surface area (Å²) in [5.41, 5.74) is 2.43. The summed E-state index contributed by atoms with van der Waals surface area (Å²) in [5, 5.41) is 5.96. The second kappa shape index (κ2) is 8.16. The summed E-state index contributed by atoms with van der Waals surface area (Å²) >= 11 is 0. The highest BCUT2D eigenvalue weighted by Gasteiger charge is 2.30. The highest BCUT2D eigenvalue weighted by molar-refractivity contribution is 6.01. The molecule has 5 rings (SSSR count). The molecule has 6 nitrogen and oxygen atoms in total. The molecule has 2 aromatic heterocycles. The molecule has 0 bridgehead atoms. The first-order valence-corrected chi connectivity index (χ1v) is 10.2. The van der Waals surface area contributed by atoms with Crippen LogP contribution in [-0.2, 0) is 19.1 Å². The van der Waals surface area contributed by atoms with Crippen LogP contribution in [0.2, 0.25) is 0 Å². The summed E-state index contributed by atoms with van der Waals surface area (Å²) in [6.07, 6.45) is -0.669. The van der Waals surface area contributed by atoms with Crippen LogP contribution in [0.15, 0.2) is 67.0 Å². The molecule has 0 saturated carbocycles. The number of rotatable bonds is 4. The molecule has 9 heteroatoms. The van der Waals surface area contributed by atoms with E-state index < -0.39 is 24.3 Å². The van der Waals surface area contributed by atoms with Gasteiger partial charge in [-0.1, -0.05) is 6.07 Å². The highest BCUT2D eigenvalue weighted by Crippen LogP contribution is 2.35. The number of hydrogen-bond donors (Lipinski definition) is 3. The summed E-state index contributed by atoms with van der Waals surface area (Å²) in [4.78, 5) is 21.4. The number of carbonyl (C=O) groups excluding carboxylic acids is 1. The predicted molar refractivity (Wildman–Crippen MR) is 121 cm³/mol. The number of aromatic nitrogens is 2. The normalized spacial score (nSPS) is 14.6. The molecule has 2 amide bonds. The number of pyridine rings is 1. The Labute approximate surface area is 190 Å². The molecule has 0 aliphatic carbocycles. The second-order valence-corrected chi connectivity index (χ2v) is 7.57. The van der Waals surface area contributed by atoms with Crippen molar-refractivity contribution in [1.82, 2.24) is 9.97 Å². The van der Waals surface area contributed by atoms with Gasteiger partial charge in [-0.15, -0.1) is 0 Å². The van der Waals surface area contributed by atoms with Crippen LogP contribution in [-0.4, -0.2) is 22.5 Å². The van der Waals surface area contributed by atoms with Gasteiger partial charge >= 0.3 is 12.2 Å². The molecular weight excluding hydrogens is 431 g/mol. The van der Waals surface area contributed by atoms with Crippen molar-refractivity contribution in [2.24, 2.45) is 0 Å². The Kier molecular flexibility index (Phi) is 4.59. The zero-order valence-electron chi connectivity index (χ0n) is 19.2. The Hall–Kier alpha value is -4.01. The monoisotopic (exact) mass is 453 g/mol. The Morgan fingerprint density at radius 1 is 1.12 bits per heavy atom. The molecule has 0 fully saturated rings. The molecule has 2 aromatic carbocycles. The van der Waals surface area contributed by atoms with Crippen molar-refractivity contribution in [1.29, 1.82) is 0 Å². The molecule has 0 saturated heterocycles. The fourth-order valence-electron chi connectivity index (χ4n) is 3.90. The molecule has 0 unspecified atom stereocenters. The summed E-state index contributed by atoms with van der Waals surface area (Å²) < 4.78 is 56.1. The average molecular weight is 453 g/mol. The molecule has 1 aliphatic heterocycles. The maximum atomic E-state index is 12.7. The molecule has 168 valence electrons. The first-order valence-electron chi connectivity index (χ1n) is 11.2. The second-order valence-electron chi connectivity index (χ2n) is 7.57. The fraction of sp³-hybridized carbons (Fsp3) is 0.167. The van der Waals surface area contributed by atoms with Gasteiger partial charge in [0.1, 0.15) is 5.65 Å². The van der Waals surface area contributed by atoms with Crippen LogP contribution in [0.25, 0.3) is 11.0 Å². The number of urea groups is 1. The largest absolute Gasteiger partial charge is 0.416 e. The van der Waals surface area contributed by atoms with Crippen LogP contribution in [0.5, 0.6) is 0 Å². The van der Waals surface area contributed by atoms with Crippen LogP contribution < -0.4 is 15.5 Å². The van der Waals surface area contributed by atoms with E-state index in [1.165, 1.54) is 12.1 Å². The van der Waals surface area contributed by atoms with Gasteiger partial charge < -0.3 is 20.5 Å². The minimum atomic E-state index is -4.45. The first-order chi connectivity index (χ1) is 16.6. The molecule has 4 aromatic rings. The maximum absolute atomic E-state index is 12.7. The minimum Gasteiger partial charge on any atom is -0.367 e. The number of carbonyl (C=O) groups is 1. The van der Waals surface area contributed by atoms with Gasteiger partial charge in [0.05, 0.1) is 8.30 Å². The number of nitrogens with zero attached hydrogens (tertiary/aromatic N) is 2. The van der Waals surface area contributed by atoms with Crippen molar-refractivity contribution < 1.29 is 20.7 Å². The standard InChI is InChI=1S/C24H20F3N5O/c25-24(26,27)16-4-6-17(7-5-16)30-23(33)31-20-2-1-3-21-19(20)10-13-32(21)14-15-8-11-28-22-18(15)9-12-29-22/h1-9,11-12H,10,13-14H2,(H,28,29)(H2,30,31,33)/i14D2. The Morgan fingerprint density at radius 2 is 1.94 bits per heavy atom. The smallest absolute Gasteiger partial charge is 0.367 e. The van der Waals surface area contributed by atoms with E-state index in [1.54, 1.807) is 47.6 Å². The predicted octanol–water partition coefficient (Wildman–Crippen LogP) is 5.79. The maximum Gasteiger partial charge on any atom is 0.416 e. The molecule has 0 radical (unpaired) electrons. The Bertz CT molecular complexity index is 1400. The third-order valence-electron chi connectivity index (χ3n) is 5.46. The number of aromatic amines is 1. The Morgan fingerprint density at radius 3 is 2.73 bits per heavy atom. The lowest BCUT2D eigenvalue weighted by Crippen LogP contribution is -2.20. The van der Waals surface area contributed by atoms with Gasteiger partial charge in [0.25, 0.3) is 0 Å². The lowest BCUT2D eigenvalue weighted by atomic mass is 10.1. The average Bonchev–Trinajstić information content (AvgIpc) is 3.46. The number of anilines is 3. The van der Waals surface area contributed by atoms with Crippen molar-refractivity contribution in [2.45, 2.75) is 19.1 Å². The van der Waals surface area contributed by atoms with Gasteiger partial charge in [-0.25, -0.2) is 9.78 Å². The van der Waals surface area contributed by atoms with Gasteiger partial charge in [0.2, 0.25) is 0 Å². The quantitative estimate of drug-likeness (QED) is 0.366. The van der Waals surface area contributed by atoms with Gasteiger partial charge in [-0.05, 0) is 60.5 Å². The number of H-pyrrole nitrogens is 1. The van der Waals surface area contributed by atoms with Gasteiger partial charge in [0, 0.05) is 53.4 Å². The number of hydrogen-bond acceptors (Lipinski definition) is 3. The summed E-state index contributed by atoms with van der Waals surface area (Å²) in [7, 11) is 0. The number of nitrogens with one attached hydrogen (secondary N) is 3. The molecular formula is C24H20F3N5O. The van der Waals surface area contributed by atoms with Gasteiger partial charge in [0.15, 0.2) is 0 Å². The number of benzene rings is 2. The van der Waals surface area contributed by atoms with Crippen LogP contribution in [0.4, 0.5) is 35.0 Å². The van der Waals surface area contributed by atoms with Gasteiger partial charge in [-0.3, -0.25) is 0 Å². The van der Waals surface area contributed by atoms with Crippen molar-refractivity contribution in [3.05, 3.63) is 83.7 Å². The van der Waals surface area contributed by atoms with Crippen LogP contribution >= 0.6 is 0 Å². The van der Waals surface area contributed by atoms with Crippen molar-refractivity contribution in [3.63, 3.8) is 0 Å². The zero-order valence-corrected chi connectivity index (χ0v) is 17.2. The van der Waals surface area contributed by atoms with E-state index in [-0.39, 0.29) is 5.69 Å². The lowest BCUT2D eigenvalue weighted by Gasteiger charge is -2.20. The number of halogens is 3. The van der Waals surface area contributed by atoms with Crippen molar-refractivity contribution >= 4 is 34.1 Å². The molecule has 3 heterocycles. The third-order valence-corrected chi connectivity index (χ3v) is 5.46. The molecule has 0 spiro atoms. The number of alkyl halides is 3. The van der Waals surface area contributed by atoms with E-state index in [2.05, 4.69) is 20.6 Å². The SMILES string of the molecule is [2H]C([2H])(c1ccnc2[nH]ccc12)N1CCc2c(NC(=O)Nc3ccc(C(F)(F)F)cc3)cccc21. The van der Waals surface area contributed by atoms with Crippen molar-refractivity contribution in [2.75, 3.05) is 22.1 Å². The van der Waals surface area contributed by atoms with Crippen LogP contribution in [0, 0.1) is 0 Å². The van der Waals surface area contributed by atoms with Crippen molar-refractivity contribution in [3.8, 4) is 0 Å². The number of amides is 2. The van der Waals surface area contributed by atoms with E-state index in [0.717, 1.165) is 17.7 Å². The van der Waals surface area contributed by atoms with E-state index in [1.807, 2.05) is 0 Å². The van der Waals surface area contributed by atoms with E-state index in [0.29, 0.717) is 40.9 Å². The Balaban J connectivity index is 1.36. The van der Waals surface area contributed by atoms with E-state index in [4.69, 9.17) is 2.74 Å². The molecule has 33 heavy (non-hydrogen) atoms. The topological polar surface area (TPSA) is 73.0 Å². The summed E-state index contributed by atoms with van der Waals surface area (Å²) in [5.74, 6) is 0. The molecule has 0 atom stereocenters. The molecule has 3 N–H and O–H groups in total. The van der Waals surface area contributed by atoms with E-state index in [9.17, 15) is 18.0 Å². The summed E-state index contributed by atoms with van der Waals surface area (Å²) in [6, 6.07) is 12.2. The first kappa shape index (κ1) is 18.6. The summed E-state index contributed by atoms with van der Waals surface area (Å²) in [6.45, 7) is -1.44. The van der Waals surface area contributed by atoms with Gasteiger partial charge in [-0.2, -0.15) is 13.2 Å². The minimum absolute atomic E-state index is 0.217. The van der Waals surface area contributed by atoms with Crippen LogP contribution in [0.3, 0.4) is 0 Å². The van der Waals surface area contributed by atoms with Crippen LogP contribution in [0.1, 0.15) is 19.4 Å². The molecule has 1 aliphatic rings. The zero-order chi connectivity index (χ0) is 24.8. The number of fused-ring (bicyclic) bond motifs is 2.